The first-order valence-electron chi connectivity index (χ1n) is 7.48. The molecule has 0 spiro atoms. The summed E-state index contributed by atoms with van der Waals surface area (Å²) >= 11 is 5.85. The Bertz CT molecular complexity index is 613. The Kier molecular flexibility index (Phi) is 7.84. The molecule has 132 valence electrons. The van der Waals surface area contributed by atoms with Crippen LogP contribution in [0.3, 0.4) is 0 Å². The fraction of sp³-hybridized carbons (Fsp3) is 0.333. The van der Waals surface area contributed by atoms with Crippen molar-refractivity contribution in [3.05, 3.63) is 53.6 Å². The number of hydrogen-bond donors (Lipinski definition) is 2. The van der Waals surface area contributed by atoms with Crippen molar-refractivity contribution < 1.29 is 14.6 Å². The molecule has 0 aliphatic rings. The average Bonchev–Trinajstić information content (AvgIpc) is 2.49. The highest BCUT2D eigenvalue weighted by atomic mass is 35.5. The van der Waals surface area contributed by atoms with Gasteiger partial charge in [-0.2, -0.15) is 0 Å². The van der Waals surface area contributed by atoms with Crippen molar-refractivity contribution in [1.29, 1.82) is 0 Å². The predicted octanol–water partition coefficient (Wildman–Crippen LogP) is 4.64. The van der Waals surface area contributed by atoms with Gasteiger partial charge in [0, 0.05) is 11.6 Å². The lowest BCUT2D eigenvalue weighted by Gasteiger charge is -2.27. The van der Waals surface area contributed by atoms with Gasteiger partial charge in [0.2, 0.25) is 0 Å². The number of benzene rings is 2. The molecule has 0 saturated heterocycles. The molecule has 0 amide bonds. The Balaban J connectivity index is 0.00000288. The van der Waals surface area contributed by atoms with E-state index >= 15 is 0 Å². The third kappa shape index (κ3) is 6.97. The fourth-order valence-corrected chi connectivity index (χ4v) is 2.09. The first-order chi connectivity index (χ1) is 10.8. The zero-order valence-electron chi connectivity index (χ0n) is 14.0. The van der Waals surface area contributed by atoms with Gasteiger partial charge in [-0.15, -0.1) is 12.4 Å². The molecule has 2 rings (SSSR count). The Hall–Kier alpha value is -1.46. The summed E-state index contributed by atoms with van der Waals surface area (Å²) in [6, 6.07) is 14.6. The minimum Gasteiger partial charge on any atom is -0.487 e. The highest BCUT2D eigenvalue weighted by Gasteiger charge is 2.20. The van der Waals surface area contributed by atoms with Gasteiger partial charge in [-0.1, -0.05) is 11.6 Å². The van der Waals surface area contributed by atoms with Crippen molar-refractivity contribution in [2.24, 2.45) is 0 Å². The summed E-state index contributed by atoms with van der Waals surface area (Å²) in [6.07, 6.45) is -0.562. The molecule has 0 saturated carbocycles. The normalized spacial score (nSPS) is 12.2. The van der Waals surface area contributed by atoms with Crippen LogP contribution in [0, 0.1) is 0 Å². The number of aliphatic hydroxyl groups is 1. The van der Waals surface area contributed by atoms with Gasteiger partial charge in [-0.3, -0.25) is 5.32 Å². The van der Waals surface area contributed by atoms with E-state index in [1.54, 1.807) is 19.1 Å². The summed E-state index contributed by atoms with van der Waals surface area (Å²) in [6.45, 7) is 6.13. The first-order valence-corrected chi connectivity index (χ1v) is 7.86. The summed E-state index contributed by atoms with van der Waals surface area (Å²) in [5.74, 6) is 2.19. The van der Waals surface area contributed by atoms with E-state index in [0.717, 1.165) is 17.2 Å². The molecule has 0 aliphatic carbocycles. The molecule has 0 bridgehead atoms. The van der Waals surface area contributed by atoms with Gasteiger partial charge < -0.3 is 14.6 Å². The molecule has 1 atom stereocenters. The van der Waals surface area contributed by atoms with Gasteiger partial charge in [0.1, 0.15) is 29.1 Å². The summed E-state index contributed by atoms with van der Waals surface area (Å²) in [5, 5.41) is 12.9. The van der Waals surface area contributed by atoms with Crippen LogP contribution in [0.4, 0.5) is 0 Å². The summed E-state index contributed by atoms with van der Waals surface area (Å²) < 4.78 is 11.7. The van der Waals surface area contributed by atoms with Crippen molar-refractivity contribution in [1.82, 2.24) is 5.32 Å². The number of ether oxygens (including phenoxy) is 2. The van der Waals surface area contributed by atoms with Gasteiger partial charge >= 0.3 is 0 Å². The number of aliphatic hydroxyl groups excluding tert-OH is 1. The Morgan fingerprint density at radius 1 is 1.00 bits per heavy atom. The highest BCUT2D eigenvalue weighted by molar-refractivity contribution is 6.30. The topological polar surface area (TPSA) is 50.7 Å². The van der Waals surface area contributed by atoms with Crippen LogP contribution in [-0.2, 0) is 0 Å². The van der Waals surface area contributed by atoms with E-state index in [4.69, 9.17) is 21.1 Å². The highest BCUT2D eigenvalue weighted by Crippen LogP contribution is 2.26. The molecule has 0 aliphatic heterocycles. The molecule has 2 aromatic rings. The molecule has 0 aromatic heterocycles. The third-order valence-electron chi connectivity index (χ3n) is 3.09. The average molecular weight is 372 g/mol. The van der Waals surface area contributed by atoms with Crippen LogP contribution in [-0.4, -0.2) is 23.5 Å². The lowest BCUT2D eigenvalue weighted by Crippen LogP contribution is -2.43. The maximum atomic E-state index is 9.28. The second kappa shape index (κ2) is 9.14. The third-order valence-corrected chi connectivity index (χ3v) is 3.34. The Morgan fingerprint density at radius 3 is 1.96 bits per heavy atom. The minimum atomic E-state index is -0.562. The predicted molar refractivity (Wildman–Crippen MR) is 99.6 cm³/mol. The molecule has 2 aromatic carbocycles. The van der Waals surface area contributed by atoms with E-state index in [0.29, 0.717) is 11.6 Å². The second-order valence-electron chi connectivity index (χ2n) is 5.95. The molecule has 24 heavy (non-hydrogen) atoms. The maximum Gasteiger partial charge on any atom is 0.127 e. The van der Waals surface area contributed by atoms with E-state index in [1.165, 1.54) is 0 Å². The second-order valence-corrected chi connectivity index (χ2v) is 6.38. The van der Waals surface area contributed by atoms with Crippen LogP contribution < -0.4 is 14.8 Å². The summed E-state index contributed by atoms with van der Waals surface area (Å²) in [4.78, 5) is 0. The molecule has 0 radical (unpaired) electrons. The number of hydrogen-bond acceptors (Lipinski definition) is 4. The van der Waals surface area contributed by atoms with Gasteiger partial charge in [0.25, 0.3) is 0 Å². The number of rotatable bonds is 7. The quantitative estimate of drug-likeness (QED) is 0.696. The van der Waals surface area contributed by atoms with Crippen molar-refractivity contribution in [2.45, 2.75) is 32.6 Å². The van der Waals surface area contributed by atoms with Crippen LogP contribution in [0.5, 0.6) is 17.2 Å². The van der Waals surface area contributed by atoms with Gasteiger partial charge in [0.05, 0.1) is 0 Å². The van der Waals surface area contributed by atoms with Crippen LogP contribution in [0.25, 0.3) is 0 Å². The van der Waals surface area contributed by atoms with E-state index in [-0.39, 0.29) is 12.4 Å². The first kappa shape index (κ1) is 20.6. The largest absolute Gasteiger partial charge is 0.487 e. The molecule has 6 heteroatoms. The smallest absolute Gasteiger partial charge is 0.127 e. The minimum absolute atomic E-state index is 0. The monoisotopic (exact) mass is 371 g/mol. The lowest BCUT2D eigenvalue weighted by atomic mass is 10.1. The molecular formula is C18H23Cl2NO3. The van der Waals surface area contributed by atoms with Crippen molar-refractivity contribution in [3.8, 4) is 17.2 Å². The zero-order chi connectivity index (χ0) is 16.9. The van der Waals surface area contributed by atoms with Crippen LogP contribution >= 0.6 is 24.0 Å². The standard InChI is InChI=1S/C18H22ClNO3.ClH/c1-13(21)20-12-18(2,3)23-17-10-8-16(9-11-17)22-15-6-4-14(19)5-7-15;/h4-11,13,20-21H,12H2,1-3H3;1H. The van der Waals surface area contributed by atoms with E-state index in [1.807, 2.05) is 50.2 Å². The van der Waals surface area contributed by atoms with Crippen molar-refractivity contribution in [3.63, 3.8) is 0 Å². The maximum absolute atomic E-state index is 9.28. The van der Waals surface area contributed by atoms with Crippen LogP contribution in [0.1, 0.15) is 20.8 Å². The summed E-state index contributed by atoms with van der Waals surface area (Å²) in [7, 11) is 0. The zero-order valence-corrected chi connectivity index (χ0v) is 15.5. The Labute approximate surface area is 154 Å². The molecule has 2 N–H and O–H groups in total. The van der Waals surface area contributed by atoms with Crippen LogP contribution in [0.15, 0.2) is 48.5 Å². The molecule has 0 fully saturated rings. The van der Waals surface area contributed by atoms with Crippen molar-refractivity contribution in [2.75, 3.05) is 6.54 Å². The Morgan fingerprint density at radius 2 is 1.46 bits per heavy atom. The fourth-order valence-electron chi connectivity index (χ4n) is 1.96. The van der Waals surface area contributed by atoms with E-state index < -0.39 is 11.8 Å². The number of halogens is 2. The van der Waals surface area contributed by atoms with Gasteiger partial charge in [0.15, 0.2) is 0 Å². The van der Waals surface area contributed by atoms with E-state index in [9.17, 15) is 5.11 Å². The van der Waals surface area contributed by atoms with Gasteiger partial charge in [-0.25, -0.2) is 0 Å². The molecule has 4 nitrogen and oxygen atoms in total. The number of nitrogens with one attached hydrogen (secondary N) is 1. The molecule has 0 heterocycles. The lowest BCUT2D eigenvalue weighted by molar-refractivity contribution is 0.0753. The molecule has 1 unspecified atom stereocenters. The van der Waals surface area contributed by atoms with Crippen LogP contribution in [0.2, 0.25) is 5.02 Å². The SMILES string of the molecule is CC(O)NCC(C)(C)Oc1ccc(Oc2ccc(Cl)cc2)cc1.Cl. The van der Waals surface area contributed by atoms with Gasteiger partial charge in [-0.05, 0) is 69.3 Å². The molecular weight excluding hydrogens is 349 g/mol. The van der Waals surface area contributed by atoms with E-state index in [2.05, 4.69) is 5.32 Å². The summed E-state index contributed by atoms with van der Waals surface area (Å²) in [5.41, 5.74) is -0.435. The van der Waals surface area contributed by atoms with Crippen molar-refractivity contribution >= 4 is 24.0 Å².